The number of rotatable bonds is 11. The first-order valence-electron chi connectivity index (χ1n) is 12.2. The zero-order valence-electron chi connectivity index (χ0n) is 22.6. The predicted molar refractivity (Wildman–Crippen MR) is 135 cm³/mol. The van der Waals surface area contributed by atoms with E-state index >= 15 is 0 Å². The normalized spacial score (nSPS) is 13.2. The number of hydrogen-bond acceptors (Lipinski definition) is 7. The van der Waals surface area contributed by atoms with Crippen LogP contribution in [0, 0.1) is 0 Å². The summed E-state index contributed by atoms with van der Waals surface area (Å²) in [5.41, 5.74) is -1.40. The Morgan fingerprint density at radius 1 is 1.06 bits per heavy atom. The maximum absolute atomic E-state index is 13.8. The summed E-state index contributed by atoms with van der Waals surface area (Å²) in [5.74, 6) is -1.75. The van der Waals surface area contributed by atoms with Crippen molar-refractivity contribution in [3.05, 3.63) is 29.8 Å². The topological polar surface area (TPSA) is 134 Å². The van der Waals surface area contributed by atoms with E-state index in [-0.39, 0.29) is 30.9 Å². The Morgan fingerprint density at radius 3 is 2.19 bits per heavy atom. The summed E-state index contributed by atoms with van der Waals surface area (Å²) in [5, 5.41) is 15.8. The van der Waals surface area contributed by atoms with Crippen molar-refractivity contribution in [1.82, 2.24) is 15.5 Å². The molecule has 0 aliphatic carbocycles. The molecule has 1 aromatic rings. The Bertz CT molecular complexity index is 924. The van der Waals surface area contributed by atoms with E-state index < -0.39 is 47.1 Å². The molecule has 2 atom stereocenters. The van der Waals surface area contributed by atoms with Crippen molar-refractivity contribution >= 4 is 23.9 Å². The second kappa shape index (κ2) is 13.1. The highest BCUT2D eigenvalue weighted by molar-refractivity contribution is 5.93. The smallest absolute Gasteiger partial charge is 0.408 e. The first kappa shape index (κ1) is 30.7. The van der Waals surface area contributed by atoms with Crippen LogP contribution in [-0.2, 0) is 23.9 Å². The number of carbonyl (C=O) groups is 4. The molecule has 3 amide bonds. The molecule has 1 aromatic carbocycles. The summed E-state index contributed by atoms with van der Waals surface area (Å²) in [4.78, 5) is 52.7. The summed E-state index contributed by atoms with van der Waals surface area (Å²) in [6, 6.07) is 3.97. The highest BCUT2D eigenvalue weighted by atomic mass is 16.6. The van der Waals surface area contributed by atoms with Crippen molar-refractivity contribution in [2.45, 2.75) is 91.5 Å². The molecule has 0 saturated carbocycles. The number of nitrogens with one attached hydrogen (secondary N) is 2. The second-order valence-electron chi connectivity index (χ2n) is 10.0. The minimum atomic E-state index is -1.24. The molecular formula is C26H41N3O7. The number of phenols is 1. The molecule has 10 heteroatoms. The lowest BCUT2D eigenvalue weighted by Crippen LogP contribution is -2.58. The van der Waals surface area contributed by atoms with E-state index in [0.717, 1.165) is 0 Å². The average molecular weight is 508 g/mol. The number of hydrogen-bond donors (Lipinski definition) is 3. The highest BCUT2D eigenvalue weighted by Gasteiger charge is 2.43. The summed E-state index contributed by atoms with van der Waals surface area (Å²) >= 11 is 0. The number of carbonyl (C=O) groups excluding carboxylic acids is 4. The SMILES string of the molecule is CCOC(=O)CCNC(=O)C(c1ccccc1O)N(C(=O)C(C)NC(=O)OC(C)(C)C)C(C)(C)CC. The zero-order valence-corrected chi connectivity index (χ0v) is 22.6. The van der Waals surface area contributed by atoms with E-state index in [1.54, 1.807) is 59.7 Å². The molecule has 2 unspecified atom stereocenters. The van der Waals surface area contributed by atoms with Crippen LogP contribution in [0.5, 0.6) is 5.75 Å². The Balaban J connectivity index is 3.39. The predicted octanol–water partition coefficient (Wildman–Crippen LogP) is 3.43. The fourth-order valence-electron chi connectivity index (χ4n) is 3.43. The maximum atomic E-state index is 13.8. The van der Waals surface area contributed by atoms with Crippen molar-refractivity contribution in [2.24, 2.45) is 0 Å². The van der Waals surface area contributed by atoms with E-state index in [9.17, 15) is 24.3 Å². The number of amides is 3. The number of esters is 1. The van der Waals surface area contributed by atoms with E-state index in [0.29, 0.717) is 6.42 Å². The number of nitrogens with zero attached hydrogens (tertiary/aromatic N) is 1. The second-order valence-corrected chi connectivity index (χ2v) is 10.0. The van der Waals surface area contributed by atoms with Gasteiger partial charge >= 0.3 is 12.1 Å². The van der Waals surface area contributed by atoms with E-state index in [1.165, 1.54) is 17.9 Å². The van der Waals surface area contributed by atoms with Crippen LogP contribution in [0.3, 0.4) is 0 Å². The summed E-state index contributed by atoms with van der Waals surface area (Å²) in [6.07, 6.45) is -0.344. The van der Waals surface area contributed by atoms with Crippen molar-refractivity contribution in [3.8, 4) is 5.75 Å². The average Bonchev–Trinajstić information content (AvgIpc) is 2.76. The number of ether oxygens (including phenoxy) is 2. The summed E-state index contributed by atoms with van der Waals surface area (Å²) in [6.45, 7) is 14.0. The van der Waals surface area contributed by atoms with Gasteiger partial charge in [-0.1, -0.05) is 25.1 Å². The maximum Gasteiger partial charge on any atom is 0.408 e. The minimum Gasteiger partial charge on any atom is -0.508 e. The molecule has 0 aliphatic rings. The van der Waals surface area contributed by atoms with Gasteiger partial charge in [0.2, 0.25) is 11.8 Å². The molecule has 0 bridgehead atoms. The van der Waals surface area contributed by atoms with Crippen molar-refractivity contribution < 1.29 is 33.8 Å². The first-order chi connectivity index (χ1) is 16.6. The van der Waals surface area contributed by atoms with Crippen molar-refractivity contribution in [2.75, 3.05) is 13.2 Å². The Hall–Kier alpha value is -3.30. The van der Waals surface area contributed by atoms with E-state index in [1.807, 2.05) is 6.92 Å². The standard InChI is InChI=1S/C26H41N3O7/c1-9-26(7,8)29(23(33)17(3)28-24(34)36-25(4,5)6)21(18-13-11-12-14-19(18)30)22(32)27-16-15-20(31)35-10-2/h11-14,17,21,30H,9-10,15-16H2,1-8H3,(H,27,32)(H,28,34). The van der Waals surface area contributed by atoms with Gasteiger partial charge in [-0.2, -0.15) is 0 Å². The van der Waals surface area contributed by atoms with Crippen LogP contribution in [0.15, 0.2) is 24.3 Å². The highest BCUT2D eigenvalue weighted by Crippen LogP contribution is 2.35. The molecule has 0 aromatic heterocycles. The van der Waals surface area contributed by atoms with Gasteiger partial charge in [0.25, 0.3) is 0 Å². The van der Waals surface area contributed by atoms with Crippen LogP contribution < -0.4 is 10.6 Å². The number of para-hydroxylation sites is 1. The van der Waals surface area contributed by atoms with Crippen molar-refractivity contribution in [1.29, 1.82) is 0 Å². The third-order valence-corrected chi connectivity index (χ3v) is 5.53. The van der Waals surface area contributed by atoms with Gasteiger partial charge in [0.15, 0.2) is 0 Å². The summed E-state index contributed by atoms with van der Waals surface area (Å²) < 4.78 is 10.2. The molecule has 0 radical (unpaired) electrons. The van der Waals surface area contributed by atoms with Crippen LogP contribution in [-0.4, -0.2) is 64.2 Å². The van der Waals surface area contributed by atoms with Gasteiger partial charge in [-0.15, -0.1) is 0 Å². The molecule has 0 fully saturated rings. The van der Waals surface area contributed by atoms with Gasteiger partial charge in [-0.25, -0.2) is 4.79 Å². The molecular weight excluding hydrogens is 466 g/mol. The Labute approximate surface area is 213 Å². The lowest BCUT2D eigenvalue weighted by molar-refractivity contribution is -0.149. The van der Waals surface area contributed by atoms with Gasteiger partial charge in [0.1, 0.15) is 23.4 Å². The molecule has 3 N–H and O–H groups in total. The third-order valence-electron chi connectivity index (χ3n) is 5.53. The van der Waals surface area contributed by atoms with Gasteiger partial charge in [0.05, 0.1) is 13.0 Å². The minimum absolute atomic E-state index is 0.0118. The molecule has 0 heterocycles. The fraction of sp³-hybridized carbons (Fsp3) is 0.615. The Morgan fingerprint density at radius 2 is 1.67 bits per heavy atom. The van der Waals surface area contributed by atoms with Gasteiger partial charge < -0.3 is 30.1 Å². The fourth-order valence-corrected chi connectivity index (χ4v) is 3.43. The number of phenolic OH excluding ortho intramolecular Hbond substituents is 1. The quantitative estimate of drug-likeness (QED) is 0.391. The van der Waals surface area contributed by atoms with Crippen LogP contribution in [0.25, 0.3) is 0 Å². The number of aromatic hydroxyl groups is 1. The molecule has 0 saturated heterocycles. The Kier molecular flexibility index (Phi) is 11.2. The van der Waals surface area contributed by atoms with Gasteiger partial charge in [0, 0.05) is 17.6 Å². The summed E-state index contributed by atoms with van der Waals surface area (Å²) in [7, 11) is 0. The van der Waals surface area contributed by atoms with Crippen molar-refractivity contribution in [3.63, 3.8) is 0 Å². The van der Waals surface area contributed by atoms with E-state index in [4.69, 9.17) is 9.47 Å². The van der Waals surface area contributed by atoms with Crippen LogP contribution in [0.2, 0.25) is 0 Å². The number of benzene rings is 1. The molecule has 0 aliphatic heterocycles. The molecule has 0 spiro atoms. The van der Waals surface area contributed by atoms with Crippen LogP contribution >= 0.6 is 0 Å². The van der Waals surface area contributed by atoms with Crippen LogP contribution in [0.1, 0.15) is 79.8 Å². The number of alkyl carbamates (subject to hydrolysis) is 1. The molecule has 1 rings (SSSR count). The molecule has 202 valence electrons. The largest absolute Gasteiger partial charge is 0.508 e. The first-order valence-corrected chi connectivity index (χ1v) is 12.2. The molecule has 36 heavy (non-hydrogen) atoms. The molecule has 10 nitrogen and oxygen atoms in total. The third kappa shape index (κ3) is 9.05. The van der Waals surface area contributed by atoms with Gasteiger partial charge in [-0.05, 0) is 61.0 Å². The monoisotopic (exact) mass is 507 g/mol. The lowest BCUT2D eigenvalue weighted by atomic mass is 9.91. The zero-order chi connectivity index (χ0) is 27.7. The van der Waals surface area contributed by atoms with E-state index in [2.05, 4.69) is 10.6 Å². The lowest BCUT2D eigenvalue weighted by Gasteiger charge is -2.44. The van der Waals surface area contributed by atoms with Crippen LogP contribution in [0.4, 0.5) is 4.79 Å². The van der Waals surface area contributed by atoms with Gasteiger partial charge in [-0.3, -0.25) is 14.4 Å².